The quantitative estimate of drug-likeness (QED) is 0.357. The number of rotatable bonds is 5. The first kappa shape index (κ1) is 21.3. The van der Waals surface area contributed by atoms with Crippen molar-refractivity contribution in [3.8, 4) is 11.5 Å². The van der Waals surface area contributed by atoms with Crippen LogP contribution in [0.2, 0.25) is 0 Å². The molecule has 1 fully saturated rings. The third kappa shape index (κ3) is 4.77. The number of nitrogens with one attached hydrogen (secondary N) is 1. The van der Waals surface area contributed by atoms with Gasteiger partial charge in [-0.2, -0.15) is 0 Å². The van der Waals surface area contributed by atoms with Crippen molar-refractivity contribution in [1.29, 1.82) is 0 Å². The lowest BCUT2D eigenvalue weighted by Crippen LogP contribution is -2.30. The Bertz CT molecular complexity index is 2080. The predicted molar refractivity (Wildman–Crippen MR) is 148 cm³/mol. The number of halogens is 2. The van der Waals surface area contributed by atoms with E-state index in [1.54, 1.807) is 12.3 Å². The average Bonchev–Trinajstić information content (AvgIpc) is 3.89. The van der Waals surface area contributed by atoms with E-state index in [0.717, 1.165) is 18.4 Å². The number of nitrogens with zero attached hydrogens (tertiary/aromatic N) is 4. The number of sulfone groups is 1. The number of carbonyl (C=O) groups excluding carboxylic acids is 1. The van der Waals surface area contributed by atoms with Gasteiger partial charge in [0.2, 0.25) is 15.3 Å². The highest BCUT2D eigenvalue weighted by molar-refractivity contribution is 7.92. The Morgan fingerprint density at radius 3 is 2.86 bits per heavy atom. The Kier molecular flexibility index (Phi) is 5.16. The summed E-state index contributed by atoms with van der Waals surface area (Å²) in [6, 6.07) is 8.36. The van der Waals surface area contributed by atoms with Gasteiger partial charge in [-0.15, -0.1) is 0 Å². The van der Waals surface area contributed by atoms with E-state index in [9.17, 15) is 13.2 Å². The molecule has 3 aromatic heterocycles. The number of benzene rings is 1. The number of hydrogen-bond donors (Lipinski definition) is 1. The van der Waals surface area contributed by atoms with Crippen LogP contribution in [0.3, 0.4) is 0 Å². The van der Waals surface area contributed by atoms with Crippen molar-refractivity contribution < 1.29 is 38.3 Å². The topological polar surface area (TPSA) is 124 Å². The third-order valence-corrected chi connectivity index (χ3v) is 8.61. The smallest absolute Gasteiger partial charge is 0.251 e. The van der Waals surface area contributed by atoms with E-state index in [-0.39, 0.29) is 6.54 Å². The molecule has 0 unspecified atom stereocenters. The minimum atomic E-state index is -5.74. The highest BCUT2D eigenvalue weighted by Crippen LogP contribution is 2.43. The van der Waals surface area contributed by atoms with Gasteiger partial charge in [0.15, 0.2) is 23.1 Å². The Morgan fingerprint density at radius 1 is 1.17 bits per heavy atom. The van der Waals surface area contributed by atoms with Crippen LogP contribution in [0.15, 0.2) is 53.7 Å². The lowest BCUT2D eigenvalue weighted by Gasteiger charge is -2.29. The van der Waals surface area contributed by atoms with E-state index in [2.05, 4.69) is 20.0 Å². The van der Waals surface area contributed by atoms with Crippen LogP contribution in [0.25, 0.3) is 10.9 Å². The summed E-state index contributed by atoms with van der Waals surface area (Å²) < 4.78 is 105. The Labute approximate surface area is 246 Å². The lowest BCUT2D eigenvalue weighted by atomic mass is 10.1. The molecule has 5 heterocycles. The number of aromatic nitrogens is 3. The molecular weight excluding hydrogens is 568 g/mol. The van der Waals surface area contributed by atoms with Gasteiger partial charge in [-0.3, -0.25) is 9.78 Å². The van der Waals surface area contributed by atoms with Crippen molar-refractivity contribution in [1.82, 2.24) is 20.3 Å². The summed E-state index contributed by atoms with van der Waals surface area (Å²) in [5.41, 5.74) is -3.23. The second kappa shape index (κ2) is 10.2. The van der Waals surface area contributed by atoms with Crippen LogP contribution in [0.5, 0.6) is 11.5 Å². The number of fused-ring (bicyclic) bond motifs is 3. The second-order valence-corrected chi connectivity index (χ2v) is 11.8. The fourth-order valence-electron chi connectivity index (χ4n) is 4.82. The Morgan fingerprint density at radius 2 is 2.02 bits per heavy atom. The van der Waals surface area contributed by atoms with Crippen molar-refractivity contribution in [3.05, 3.63) is 71.4 Å². The first-order valence-electron chi connectivity index (χ1n) is 15.5. The van der Waals surface area contributed by atoms with Gasteiger partial charge in [0, 0.05) is 32.5 Å². The molecule has 10 nitrogen and oxygen atoms in total. The van der Waals surface area contributed by atoms with Gasteiger partial charge in [0.25, 0.3) is 5.91 Å². The fraction of sp³-hybridized carbons (Fsp3) is 0.310. The molecule has 1 saturated carbocycles. The molecule has 0 saturated heterocycles. The van der Waals surface area contributed by atoms with Crippen molar-refractivity contribution >= 4 is 38.3 Å². The van der Waals surface area contributed by atoms with Gasteiger partial charge < -0.3 is 19.7 Å². The van der Waals surface area contributed by atoms with Gasteiger partial charge in [0.05, 0.1) is 35.0 Å². The zero-order valence-electron chi connectivity index (χ0n) is 26.7. The number of amides is 1. The van der Waals surface area contributed by atoms with Crippen LogP contribution >= 0.6 is 0 Å². The molecular formula is C29H25F2N5O5S. The molecule has 1 atom stereocenters. The monoisotopic (exact) mass is 598 g/mol. The molecule has 0 radical (unpaired) electrons. The summed E-state index contributed by atoms with van der Waals surface area (Å²) in [6.07, 6.45) is 1.60. The number of anilines is 2. The summed E-state index contributed by atoms with van der Waals surface area (Å²) in [6.45, 7) is -3.01. The van der Waals surface area contributed by atoms with Gasteiger partial charge in [0.1, 0.15) is 17.3 Å². The molecule has 3 aliphatic rings. The van der Waals surface area contributed by atoms with E-state index in [1.165, 1.54) is 0 Å². The summed E-state index contributed by atoms with van der Waals surface area (Å²) in [5.74, 6) is -1.46. The summed E-state index contributed by atoms with van der Waals surface area (Å²) in [4.78, 5) is 27.3. The highest BCUT2D eigenvalue weighted by Gasteiger charge is 2.36. The summed E-state index contributed by atoms with van der Waals surface area (Å²) >= 11 is 0. The largest absolute Gasteiger partial charge is 0.489 e. The molecule has 1 N–H and O–H groups in total. The van der Waals surface area contributed by atoms with Gasteiger partial charge in [-0.1, -0.05) is 0 Å². The normalized spacial score (nSPS) is 25.1. The highest BCUT2D eigenvalue weighted by atomic mass is 32.2. The minimum Gasteiger partial charge on any atom is -0.489 e. The van der Waals surface area contributed by atoms with Crippen LogP contribution in [0.1, 0.15) is 53.6 Å². The molecule has 1 amide bonds. The van der Waals surface area contributed by atoms with Crippen molar-refractivity contribution in [3.63, 3.8) is 0 Å². The summed E-state index contributed by atoms with van der Waals surface area (Å²) in [5, 5.41) is 3.17. The van der Waals surface area contributed by atoms with Gasteiger partial charge in [-0.05, 0) is 60.7 Å². The Balaban J connectivity index is 1.13. The number of alkyl halides is 1. The second-order valence-electron chi connectivity index (χ2n) is 9.98. The maximum Gasteiger partial charge on any atom is 0.251 e. The number of carbonyl (C=O) groups is 1. The zero-order valence-corrected chi connectivity index (χ0v) is 22.5. The average molecular weight is 599 g/mol. The molecule has 1 aliphatic carbocycles. The maximum atomic E-state index is 15.2. The Hall–Kier alpha value is -4.39. The number of pyridine rings is 3. The molecule has 0 bridgehead atoms. The molecule has 13 heteroatoms. The van der Waals surface area contributed by atoms with E-state index in [0.29, 0.717) is 65.2 Å². The van der Waals surface area contributed by atoms with Crippen LogP contribution < -0.4 is 19.7 Å². The molecule has 216 valence electrons. The van der Waals surface area contributed by atoms with Crippen LogP contribution in [-0.4, -0.2) is 54.5 Å². The van der Waals surface area contributed by atoms with Crippen molar-refractivity contribution in [2.75, 3.05) is 24.6 Å². The minimum absolute atomic E-state index is 0.217. The first-order valence-corrected chi connectivity index (χ1v) is 14.5. The molecule has 4 aromatic rings. The zero-order chi connectivity index (χ0) is 33.5. The van der Waals surface area contributed by atoms with E-state index in [1.807, 2.05) is 29.3 Å². The summed E-state index contributed by atoms with van der Waals surface area (Å²) in [7, 11) is -5.74. The van der Waals surface area contributed by atoms with Crippen LogP contribution in [0.4, 0.5) is 20.4 Å². The molecule has 7 rings (SSSR count). The number of ether oxygens (including phenoxy) is 2. The van der Waals surface area contributed by atoms with Gasteiger partial charge in [-0.25, -0.2) is 27.2 Å². The van der Waals surface area contributed by atoms with Crippen molar-refractivity contribution in [2.45, 2.75) is 42.1 Å². The first-order chi connectivity index (χ1) is 22.1. The van der Waals surface area contributed by atoms with E-state index < -0.39 is 56.2 Å². The van der Waals surface area contributed by atoms with Gasteiger partial charge >= 0.3 is 0 Å². The molecule has 1 aromatic carbocycles. The van der Waals surface area contributed by atoms with E-state index >= 15 is 8.78 Å². The standard InChI is InChI=1S/C29H25F2N5O5S/c30-21-9-18(11-24-27(21)41-7-5-25(31)42(24,38)39)29(37)34-15-20-12-22-17(13-32-20)3-4-26(35-22)36-6-8-40-23-10-19(16-1-2-16)14-33-28(23)36/h3-4,9-14,16,25H,1-2,5-8,15H2,(H,34,37)/t25-/m1/s1/i5D2,7D2,25D. The number of hydrogen-bond acceptors (Lipinski definition) is 9. The third-order valence-electron chi connectivity index (χ3n) is 7.15. The molecule has 2 aliphatic heterocycles. The predicted octanol–water partition coefficient (Wildman–Crippen LogP) is 4.35. The SMILES string of the molecule is [2H]C1([2H])Oc2c(F)cc(C(=O)NCc3cc4nc(N5CCOc6cc(C7CC7)cnc65)ccc4cn3)cc2S(=O)(=O)[C@@]([2H])(F)C1([2H])[2H]. The van der Waals surface area contributed by atoms with E-state index in [4.69, 9.17) is 16.6 Å². The molecule has 0 spiro atoms. The van der Waals surface area contributed by atoms with Crippen molar-refractivity contribution in [2.24, 2.45) is 0 Å². The van der Waals surface area contributed by atoms with Crippen LogP contribution in [0, 0.1) is 5.82 Å². The van der Waals surface area contributed by atoms with Crippen LogP contribution in [-0.2, 0) is 16.4 Å². The molecule has 42 heavy (non-hydrogen) atoms. The lowest BCUT2D eigenvalue weighted by molar-refractivity contribution is 0.0949. The fourth-order valence-corrected chi connectivity index (χ4v) is 5.86. The maximum absolute atomic E-state index is 15.2.